The molecule has 0 saturated heterocycles. The van der Waals surface area contributed by atoms with Crippen molar-refractivity contribution in [2.45, 2.75) is 6.92 Å². The third kappa shape index (κ3) is 1.71. The van der Waals surface area contributed by atoms with E-state index < -0.39 is 0 Å². The highest BCUT2D eigenvalue weighted by molar-refractivity contribution is 5.54. The van der Waals surface area contributed by atoms with Crippen LogP contribution in [0.1, 0.15) is 6.92 Å². The molecule has 0 aliphatic rings. The van der Waals surface area contributed by atoms with Gasteiger partial charge in [0.25, 0.3) is 0 Å². The Morgan fingerprint density at radius 2 is 2.50 bits per heavy atom. The lowest BCUT2D eigenvalue weighted by Crippen LogP contribution is -2.10. The van der Waals surface area contributed by atoms with Gasteiger partial charge >= 0.3 is 0 Å². The Hall–Kier alpha value is -1.91. The van der Waals surface area contributed by atoms with E-state index in [0.29, 0.717) is 12.3 Å². The van der Waals surface area contributed by atoms with Crippen molar-refractivity contribution in [3.63, 3.8) is 0 Å². The summed E-state index contributed by atoms with van der Waals surface area (Å²) in [6.07, 6.45) is 6.17. The first-order valence-corrected chi connectivity index (χ1v) is 4.29. The predicted octanol–water partition coefficient (Wildman–Crippen LogP) is 0.589. The van der Waals surface area contributed by atoms with Gasteiger partial charge in [-0.3, -0.25) is 4.98 Å². The van der Waals surface area contributed by atoms with Crippen LogP contribution < -0.4 is 4.84 Å². The van der Waals surface area contributed by atoms with Crippen LogP contribution in [0.5, 0.6) is 0 Å². The van der Waals surface area contributed by atoms with E-state index in [4.69, 9.17) is 4.84 Å². The van der Waals surface area contributed by atoms with Gasteiger partial charge in [0.2, 0.25) is 0 Å². The van der Waals surface area contributed by atoms with Gasteiger partial charge in [0.15, 0.2) is 0 Å². The van der Waals surface area contributed by atoms with Crippen LogP contribution in [-0.2, 0) is 0 Å². The summed E-state index contributed by atoms with van der Waals surface area (Å²) < 4.78 is 0. The van der Waals surface area contributed by atoms with Crippen molar-refractivity contribution < 1.29 is 4.84 Å². The molecule has 14 heavy (non-hydrogen) atoms. The van der Waals surface area contributed by atoms with Gasteiger partial charge in [-0.1, -0.05) is 4.85 Å². The molecule has 2 aromatic heterocycles. The molecule has 0 unspecified atom stereocenters. The molecule has 5 nitrogen and oxygen atoms in total. The fraction of sp³-hybridized carbons (Fsp3) is 0.222. The highest BCUT2D eigenvalue weighted by Crippen LogP contribution is 2.12. The monoisotopic (exact) mass is 189 g/mol. The molecule has 2 aromatic rings. The smallest absolute Gasteiger partial charge is 0.119 e. The molecule has 0 saturated carbocycles. The molecule has 0 aliphatic carbocycles. The van der Waals surface area contributed by atoms with Crippen LogP contribution in [0.25, 0.3) is 11.3 Å². The van der Waals surface area contributed by atoms with Crippen LogP contribution >= 0.6 is 0 Å². The van der Waals surface area contributed by atoms with Crippen LogP contribution in [0.15, 0.2) is 24.5 Å². The van der Waals surface area contributed by atoms with E-state index in [9.17, 15) is 0 Å². The molecule has 0 aliphatic heterocycles. The van der Waals surface area contributed by atoms with E-state index in [-0.39, 0.29) is 0 Å². The molecule has 0 amide bonds. The number of hydrogen-bond donors (Lipinski definition) is 0. The van der Waals surface area contributed by atoms with Gasteiger partial charge in [-0.25, -0.2) is 0 Å². The first kappa shape index (κ1) is 8.68. The van der Waals surface area contributed by atoms with E-state index >= 15 is 0 Å². The van der Waals surface area contributed by atoms with Crippen LogP contribution in [0, 0.1) is 6.20 Å². The Morgan fingerprint density at radius 1 is 1.57 bits per heavy atom. The van der Waals surface area contributed by atoms with Crippen LogP contribution in [-0.4, -0.2) is 26.7 Å². The van der Waals surface area contributed by atoms with E-state index in [0.717, 1.165) is 5.56 Å². The molecule has 1 radical (unpaired) electrons. The summed E-state index contributed by atoms with van der Waals surface area (Å²) >= 11 is 0. The van der Waals surface area contributed by atoms with Gasteiger partial charge in [0.05, 0.1) is 12.4 Å². The Morgan fingerprint density at radius 3 is 3.21 bits per heavy atom. The summed E-state index contributed by atoms with van der Waals surface area (Å²) in [6, 6.07) is 3.69. The van der Waals surface area contributed by atoms with Crippen molar-refractivity contribution in [2.75, 3.05) is 6.61 Å². The number of nitrogens with zero attached hydrogens (tertiary/aromatic N) is 4. The molecule has 71 valence electrons. The maximum absolute atomic E-state index is 5.12. The third-order valence-electron chi connectivity index (χ3n) is 1.62. The van der Waals surface area contributed by atoms with Gasteiger partial charge in [0.1, 0.15) is 12.3 Å². The van der Waals surface area contributed by atoms with Gasteiger partial charge in [-0.2, -0.15) is 0 Å². The second-order valence-corrected chi connectivity index (χ2v) is 2.59. The lowest BCUT2D eigenvalue weighted by atomic mass is 10.2. The molecule has 0 aromatic carbocycles. The zero-order valence-electron chi connectivity index (χ0n) is 7.71. The van der Waals surface area contributed by atoms with E-state index in [1.54, 1.807) is 12.4 Å². The first-order valence-electron chi connectivity index (χ1n) is 4.29. The van der Waals surface area contributed by atoms with Crippen molar-refractivity contribution in [3.8, 4) is 11.3 Å². The standard InChI is InChI=1S/C9H9N4O/c1-2-14-13-7-9(11-12-13)8-4-3-5-10-6-8/h3-5,7H,2H2,1H3. The quantitative estimate of drug-likeness (QED) is 0.709. The summed E-state index contributed by atoms with van der Waals surface area (Å²) in [5.41, 5.74) is 1.50. The average Bonchev–Trinajstić information content (AvgIpc) is 2.68. The summed E-state index contributed by atoms with van der Waals surface area (Å²) in [5, 5.41) is 7.70. The lowest BCUT2D eigenvalue weighted by Gasteiger charge is -1.96. The SMILES string of the molecule is CCOn1cc(-c2[c]nccc2)nn1. The van der Waals surface area contributed by atoms with Gasteiger partial charge in [0, 0.05) is 11.8 Å². The summed E-state index contributed by atoms with van der Waals surface area (Å²) in [5.74, 6) is 0. The molecule has 0 atom stereocenters. The largest absolute Gasteiger partial charge is 0.396 e. The predicted molar refractivity (Wildman–Crippen MR) is 49.2 cm³/mol. The highest BCUT2D eigenvalue weighted by atomic mass is 16.7. The lowest BCUT2D eigenvalue weighted by molar-refractivity contribution is 0.0885. The minimum Gasteiger partial charge on any atom is -0.396 e. The number of aromatic nitrogens is 4. The maximum atomic E-state index is 5.12. The summed E-state index contributed by atoms with van der Waals surface area (Å²) in [6.45, 7) is 2.44. The minimum absolute atomic E-state index is 0.555. The Bertz CT molecular complexity index is 398. The molecule has 0 bridgehead atoms. The van der Waals surface area contributed by atoms with Crippen molar-refractivity contribution in [2.24, 2.45) is 0 Å². The van der Waals surface area contributed by atoms with Gasteiger partial charge in [-0.05, 0) is 24.3 Å². The van der Waals surface area contributed by atoms with Crippen LogP contribution in [0.3, 0.4) is 0 Å². The van der Waals surface area contributed by atoms with Gasteiger partial charge in [-0.15, -0.1) is 5.10 Å². The fourth-order valence-electron chi connectivity index (χ4n) is 1.04. The number of rotatable bonds is 3. The fourth-order valence-corrected chi connectivity index (χ4v) is 1.04. The third-order valence-corrected chi connectivity index (χ3v) is 1.62. The van der Waals surface area contributed by atoms with Gasteiger partial charge < -0.3 is 4.84 Å². The molecule has 0 spiro atoms. The molecule has 2 rings (SSSR count). The topological polar surface area (TPSA) is 52.8 Å². The van der Waals surface area contributed by atoms with E-state index in [1.165, 1.54) is 4.85 Å². The van der Waals surface area contributed by atoms with Crippen molar-refractivity contribution in [1.29, 1.82) is 0 Å². The zero-order valence-corrected chi connectivity index (χ0v) is 7.71. The van der Waals surface area contributed by atoms with E-state index in [2.05, 4.69) is 21.5 Å². The molecular formula is C9H9N4O. The Labute approximate surface area is 81.3 Å². The minimum atomic E-state index is 0.555. The summed E-state index contributed by atoms with van der Waals surface area (Å²) in [4.78, 5) is 10.3. The molecular weight excluding hydrogens is 180 g/mol. The zero-order chi connectivity index (χ0) is 9.80. The van der Waals surface area contributed by atoms with Crippen LogP contribution in [0.2, 0.25) is 0 Å². The highest BCUT2D eigenvalue weighted by Gasteiger charge is 2.03. The molecule has 0 fully saturated rings. The Kier molecular flexibility index (Phi) is 2.40. The maximum Gasteiger partial charge on any atom is 0.119 e. The van der Waals surface area contributed by atoms with Crippen molar-refractivity contribution in [3.05, 3.63) is 30.7 Å². The van der Waals surface area contributed by atoms with Crippen LogP contribution in [0.4, 0.5) is 0 Å². The summed E-state index contributed by atoms with van der Waals surface area (Å²) in [7, 11) is 0. The van der Waals surface area contributed by atoms with E-state index in [1.807, 2.05) is 19.1 Å². The second-order valence-electron chi connectivity index (χ2n) is 2.59. The van der Waals surface area contributed by atoms with Crippen molar-refractivity contribution in [1.82, 2.24) is 20.1 Å². The normalized spacial score (nSPS) is 10.1. The molecule has 0 N–H and O–H groups in total. The molecule has 2 heterocycles. The number of hydrogen-bond acceptors (Lipinski definition) is 4. The number of pyridine rings is 1. The van der Waals surface area contributed by atoms with Crippen molar-refractivity contribution >= 4 is 0 Å². The first-order chi connectivity index (χ1) is 6.90. The second kappa shape index (κ2) is 3.87. The Balaban J connectivity index is 2.25. The molecule has 5 heteroatoms. The average molecular weight is 189 g/mol.